The molecule has 1 atom stereocenters. The van der Waals surface area contributed by atoms with Gasteiger partial charge in [0.1, 0.15) is 5.52 Å². The number of oxazole rings is 1. The molecule has 0 fully saturated rings. The van der Waals surface area contributed by atoms with Gasteiger partial charge in [0.25, 0.3) is 0 Å². The Morgan fingerprint density at radius 1 is 1.45 bits per heavy atom. The smallest absolute Gasteiger partial charge is 0.228 e. The number of rotatable bonds is 3. The topological polar surface area (TPSA) is 55.1 Å². The quantitative estimate of drug-likeness (QED) is 0.922. The number of hydrogen-bond acceptors (Lipinski definition) is 3. The number of fused-ring (bicyclic) bond motifs is 1. The molecular weight excluding hydrogens is 300 g/mol. The molecule has 4 nitrogen and oxygen atoms in total. The molecule has 3 rings (SSSR count). The van der Waals surface area contributed by atoms with Gasteiger partial charge in [0.15, 0.2) is 5.58 Å². The highest BCUT2D eigenvalue weighted by Crippen LogP contribution is 2.36. The first-order chi connectivity index (χ1) is 10.6. The standard InChI is InChI=1S/C17H17ClN2O2/c1-3-15(21)19-11-8-10(2)16(18)12(9-11)17-20-13-6-4-5-7-14(13)22-17/h4-7,9-10H,3,8H2,1-2H3,(H,19,21). The fourth-order valence-corrected chi connectivity index (χ4v) is 2.71. The molecule has 2 aromatic rings. The monoisotopic (exact) mass is 316 g/mol. The summed E-state index contributed by atoms with van der Waals surface area (Å²) in [5, 5.41) is 3.62. The summed E-state index contributed by atoms with van der Waals surface area (Å²) in [6.45, 7) is 3.85. The Morgan fingerprint density at radius 2 is 2.23 bits per heavy atom. The van der Waals surface area contributed by atoms with Crippen molar-refractivity contribution in [2.45, 2.75) is 26.7 Å². The van der Waals surface area contributed by atoms with Gasteiger partial charge in [-0.25, -0.2) is 4.98 Å². The predicted octanol–water partition coefficient (Wildman–Crippen LogP) is 4.23. The minimum atomic E-state index is -0.00612. The molecule has 0 radical (unpaired) electrons. The van der Waals surface area contributed by atoms with Gasteiger partial charge in [-0.2, -0.15) is 0 Å². The Labute approximate surface area is 133 Å². The lowest BCUT2D eigenvalue weighted by atomic mass is 9.94. The highest BCUT2D eigenvalue weighted by atomic mass is 35.5. The van der Waals surface area contributed by atoms with Crippen molar-refractivity contribution in [3.63, 3.8) is 0 Å². The summed E-state index contributed by atoms with van der Waals surface area (Å²) >= 11 is 6.45. The normalized spacial score (nSPS) is 18.5. The van der Waals surface area contributed by atoms with Crippen LogP contribution in [0.1, 0.15) is 32.6 Å². The Bertz CT molecular complexity index is 756. The van der Waals surface area contributed by atoms with Gasteiger partial charge in [-0.05, 0) is 30.5 Å². The summed E-state index contributed by atoms with van der Waals surface area (Å²) < 4.78 is 5.80. The van der Waals surface area contributed by atoms with Gasteiger partial charge in [-0.3, -0.25) is 4.79 Å². The second-order valence-corrected chi connectivity index (χ2v) is 5.83. The van der Waals surface area contributed by atoms with Crippen molar-refractivity contribution in [3.8, 4) is 0 Å². The number of hydrogen-bond donors (Lipinski definition) is 1. The number of halogens is 1. The van der Waals surface area contributed by atoms with E-state index in [1.54, 1.807) is 0 Å². The first-order valence-corrected chi connectivity index (χ1v) is 7.72. The highest BCUT2D eigenvalue weighted by Gasteiger charge is 2.23. The molecule has 1 aromatic carbocycles. The van der Waals surface area contributed by atoms with Gasteiger partial charge in [0.05, 0.1) is 5.57 Å². The third-order valence-corrected chi connectivity index (χ3v) is 4.26. The van der Waals surface area contributed by atoms with Crippen LogP contribution in [-0.2, 0) is 4.79 Å². The van der Waals surface area contributed by atoms with Crippen molar-refractivity contribution >= 4 is 34.2 Å². The van der Waals surface area contributed by atoms with E-state index in [1.807, 2.05) is 44.2 Å². The van der Waals surface area contributed by atoms with Crippen molar-refractivity contribution < 1.29 is 9.21 Å². The van der Waals surface area contributed by atoms with Crippen molar-refractivity contribution in [1.82, 2.24) is 10.3 Å². The lowest BCUT2D eigenvalue weighted by molar-refractivity contribution is -0.120. The minimum Gasteiger partial charge on any atom is -0.436 e. The van der Waals surface area contributed by atoms with E-state index in [9.17, 15) is 4.79 Å². The van der Waals surface area contributed by atoms with Crippen molar-refractivity contribution in [1.29, 1.82) is 0 Å². The van der Waals surface area contributed by atoms with Crippen LogP contribution in [0.3, 0.4) is 0 Å². The highest BCUT2D eigenvalue weighted by molar-refractivity contribution is 6.33. The van der Waals surface area contributed by atoms with Crippen molar-refractivity contribution in [2.24, 2.45) is 5.92 Å². The molecular formula is C17H17ClN2O2. The molecule has 0 bridgehead atoms. The van der Waals surface area contributed by atoms with Gasteiger partial charge < -0.3 is 9.73 Å². The summed E-state index contributed by atoms with van der Waals surface area (Å²) in [6.07, 6.45) is 3.01. The number of allylic oxidation sites excluding steroid dienone is 4. The third kappa shape index (κ3) is 2.79. The van der Waals surface area contributed by atoms with Crippen LogP contribution in [-0.4, -0.2) is 10.9 Å². The number of benzene rings is 1. The first kappa shape index (κ1) is 14.9. The molecule has 0 spiro atoms. The zero-order valence-corrected chi connectivity index (χ0v) is 13.3. The number of carbonyl (C=O) groups excluding carboxylic acids is 1. The molecule has 22 heavy (non-hydrogen) atoms. The van der Waals surface area contributed by atoms with Crippen LogP contribution in [0.2, 0.25) is 0 Å². The third-order valence-electron chi connectivity index (χ3n) is 3.68. The van der Waals surface area contributed by atoms with Crippen LogP contribution < -0.4 is 5.32 Å². The van der Waals surface area contributed by atoms with E-state index in [4.69, 9.17) is 16.0 Å². The predicted molar refractivity (Wildman–Crippen MR) is 87.1 cm³/mol. The molecule has 0 saturated carbocycles. The summed E-state index contributed by atoms with van der Waals surface area (Å²) in [5.74, 6) is 0.596. The van der Waals surface area contributed by atoms with Crippen molar-refractivity contribution in [2.75, 3.05) is 0 Å². The van der Waals surface area contributed by atoms with Gasteiger partial charge in [-0.15, -0.1) is 0 Å². The van der Waals surface area contributed by atoms with Crippen LogP contribution in [0, 0.1) is 5.92 Å². The molecule has 1 unspecified atom stereocenters. The molecule has 1 heterocycles. The molecule has 1 aromatic heterocycles. The summed E-state index contributed by atoms with van der Waals surface area (Å²) in [5.41, 5.74) is 3.10. The number of para-hydroxylation sites is 2. The fraction of sp³-hybridized carbons (Fsp3) is 0.294. The Morgan fingerprint density at radius 3 is 2.95 bits per heavy atom. The van der Waals surface area contributed by atoms with Crippen LogP contribution in [0.15, 0.2) is 45.5 Å². The number of carbonyl (C=O) groups is 1. The molecule has 0 aliphatic heterocycles. The van der Waals surface area contributed by atoms with Gasteiger partial charge in [-0.1, -0.05) is 37.6 Å². The Balaban J connectivity index is 2.02. The van der Waals surface area contributed by atoms with Crippen LogP contribution in [0.4, 0.5) is 0 Å². The van der Waals surface area contributed by atoms with Gasteiger partial charge in [0.2, 0.25) is 11.8 Å². The average Bonchev–Trinajstić information content (AvgIpc) is 2.94. The summed E-state index contributed by atoms with van der Waals surface area (Å²) in [7, 11) is 0. The van der Waals surface area contributed by atoms with E-state index in [-0.39, 0.29) is 11.8 Å². The fourth-order valence-electron chi connectivity index (χ4n) is 2.49. The van der Waals surface area contributed by atoms with Gasteiger partial charge >= 0.3 is 0 Å². The van der Waals surface area contributed by atoms with Crippen molar-refractivity contribution in [3.05, 3.63) is 47.0 Å². The van der Waals surface area contributed by atoms with Crippen LogP contribution in [0.5, 0.6) is 0 Å². The van der Waals surface area contributed by atoms with E-state index in [1.165, 1.54) is 0 Å². The average molecular weight is 317 g/mol. The lowest BCUT2D eigenvalue weighted by Crippen LogP contribution is -2.24. The number of aromatic nitrogens is 1. The first-order valence-electron chi connectivity index (χ1n) is 7.34. The SMILES string of the molecule is CCC(=O)NC1=CC(c2nc3ccccc3o2)=C(Cl)C(C)C1. The van der Waals surface area contributed by atoms with Gasteiger partial charge in [0, 0.05) is 17.2 Å². The second-order valence-electron chi connectivity index (χ2n) is 5.42. The second kappa shape index (κ2) is 5.97. The van der Waals surface area contributed by atoms with Crippen LogP contribution in [0.25, 0.3) is 16.7 Å². The molecule has 1 amide bonds. The Kier molecular flexibility index (Phi) is 4.03. The number of nitrogens with zero attached hydrogens (tertiary/aromatic N) is 1. The summed E-state index contributed by atoms with van der Waals surface area (Å²) in [6, 6.07) is 7.58. The lowest BCUT2D eigenvalue weighted by Gasteiger charge is -2.21. The molecule has 1 aliphatic carbocycles. The molecule has 0 saturated heterocycles. The molecule has 114 valence electrons. The van der Waals surface area contributed by atoms with E-state index in [2.05, 4.69) is 10.3 Å². The van der Waals surface area contributed by atoms with Crippen LogP contribution >= 0.6 is 11.6 Å². The molecule has 5 heteroatoms. The Hall–Kier alpha value is -2.07. The maximum absolute atomic E-state index is 11.6. The zero-order chi connectivity index (χ0) is 15.7. The molecule has 1 N–H and O–H groups in total. The van der Waals surface area contributed by atoms with E-state index in [0.717, 1.165) is 22.4 Å². The number of nitrogens with one attached hydrogen (secondary N) is 1. The van der Waals surface area contributed by atoms with E-state index in [0.29, 0.717) is 23.8 Å². The molecule has 1 aliphatic rings. The van der Waals surface area contributed by atoms with E-state index >= 15 is 0 Å². The maximum Gasteiger partial charge on any atom is 0.228 e. The maximum atomic E-state index is 11.6. The summed E-state index contributed by atoms with van der Waals surface area (Å²) in [4.78, 5) is 16.1. The minimum absolute atomic E-state index is 0.00612. The largest absolute Gasteiger partial charge is 0.436 e. The zero-order valence-electron chi connectivity index (χ0n) is 12.5. The van der Waals surface area contributed by atoms with E-state index < -0.39 is 0 Å². The number of amides is 1.